The van der Waals surface area contributed by atoms with Gasteiger partial charge < -0.3 is 15.8 Å². The van der Waals surface area contributed by atoms with Crippen molar-refractivity contribution in [2.45, 2.75) is 12.8 Å². The number of nitrogens with zero attached hydrogens (tertiary/aromatic N) is 3. The summed E-state index contributed by atoms with van der Waals surface area (Å²) in [6, 6.07) is 11.2. The minimum absolute atomic E-state index is 0.414. The molecule has 0 aliphatic heterocycles. The summed E-state index contributed by atoms with van der Waals surface area (Å²) < 4.78 is 5.98. The minimum Gasteiger partial charge on any atom is -0.439 e. The van der Waals surface area contributed by atoms with Crippen molar-refractivity contribution in [3.63, 3.8) is 0 Å². The van der Waals surface area contributed by atoms with Gasteiger partial charge in [0.15, 0.2) is 0 Å². The third kappa shape index (κ3) is 4.01. The Balaban J connectivity index is 1.95. The Hall–Kier alpha value is -3.33. The fourth-order valence-corrected chi connectivity index (χ4v) is 2.52. The molecule has 3 rings (SSSR count). The van der Waals surface area contributed by atoms with E-state index in [2.05, 4.69) is 21.4 Å². The van der Waals surface area contributed by atoms with Crippen LogP contribution in [0.1, 0.15) is 18.4 Å². The molecule has 132 valence electrons. The van der Waals surface area contributed by atoms with Crippen LogP contribution >= 0.6 is 0 Å². The Morgan fingerprint density at radius 2 is 2.19 bits per heavy atom. The summed E-state index contributed by atoms with van der Waals surface area (Å²) in [7, 11) is 3.49. The number of allylic oxidation sites excluding steroid dienone is 1. The number of anilines is 1. The molecule has 1 saturated carbocycles. The van der Waals surface area contributed by atoms with Crippen molar-refractivity contribution < 1.29 is 4.74 Å². The maximum atomic E-state index is 9.22. The summed E-state index contributed by atoms with van der Waals surface area (Å²) in [5.41, 5.74) is 9.81. The van der Waals surface area contributed by atoms with Crippen LogP contribution in [0.25, 0.3) is 11.3 Å². The van der Waals surface area contributed by atoms with E-state index in [4.69, 9.17) is 10.5 Å². The van der Waals surface area contributed by atoms with Crippen LogP contribution in [0.3, 0.4) is 0 Å². The first kappa shape index (κ1) is 17.5. The highest BCUT2D eigenvalue weighted by atomic mass is 16.5. The standard InChI is InChI=1S/C20H21N5O/c1-23-15-6-8-18(25-12-15)16-7-3-13(11-21)9-19(16)26-20(24-2)10-17(22)14-4-5-14/h3,6-10,12,14,23H,4-5,22H2,1-2H3. The van der Waals surface area contributed by atoms with E-state index in [1.807, 2.05) is 25.2 Å². The highest BCUT2D eigenvalue weighted by Gasteiger charge is 2.24. The molecule has 1 aromatic carbocycles. The van der Waals surface area contributed by atoms with Gasteiger partial charge >= 0.3 is 0 Å². The molecule has 0 spiro atoms. The number of rotatable bonds is 5. The van der Waals surface area contributed by atoms with Crippen molar-refractivity contribution in [3.8, 4) is 23.1 Å². The largest absolute Gasteiger partial charge is 0.439 e. The van der Waals surface area contributed by atoms with Gasteiger partial charge in [-0.3, -0.25) is 9.98 Å². The highest BCUT2D eigenvalue weighted by molar-refractivity contribution is 5.91. The van der Waals surface area contributed by atoms with Crippen molar-refractivity contribution in [2.24, 2.45) is 16.6 Å². The number of hydrogen-bond acceptors (Lipinski definition) is 6. The quantitative estimate of drug-likeness (QED) is 0.639. The van der Waals surface area contributed by atoms with Crippen LogP contribution in [0.2, 0.25) is 0 Å². The van der Waals surface area contributed by atoms with Gasteiger partial charge in [0.2, 0.25) is 5.90 Å². The number of hydrogen-bond donors (Lipinski definition) is 2. The second-order valence-corrected chi connectivity index (χ2v) is 6.09. The number of ether oxygens (including phenoxy) is 1. The lowest BCUT2D eigenvalue weighted by Crippen LogP contribution is -2.11. The maximum absolute atomic E-state index is 9.22. The van der Waals surface area contributed by atoms with Crippen LogP contribution in [0.4, 0.5) is 5.69 Å². The van der Waals surface area contributed by atoms with Gasteiger partial charge in [0, 0.05) is 31.4 Å². The van der Waals surface area contributed by atoms with E-state index in [1.165, 1.54) is 0 Å². The fourth-order valence-electron chi connectivity index (χ4n) is 2.52. The Morgan fingerprint density at radius 1 is 1.38 bits per heavy atom. The number of nitriles is 1. The van der Waals surface area contributed by atoms with Gasteiger partial charge in [0.05, 0.1) is 29.2 Å². The fraction of sp³-hybridized carbons (Fsp3) is 0.250. The van der Waals surface area contributed by atoms with Crippen molar-refractivity contribution in [1.82, 2.24) is 4.98 Å². The van der Waals surface area contributed by atoms with Gasteiger partial charge in [0.1, 0.15) is 5.75 Å². The first-order chi connectivity index (χ1) is 12.6. The first-order valence-corrected chi connectivity index (χ1v) is 8.44. The van der Waals surface area contributed by atoms with Gasteiger partial charge in [-0.1, -0.05) is 0 Å². The zero-order valence-electron chi connectivity index (χ0n) is 14.9. The summed E-state index contributed by atoms with van der Waals surface area (Å²) in [6.07, 6.45) is 5.72. The molecule has 1 aliphatic carbocycles. The molecule has 0 unspecified atom stereocenters. The number of nitrogens with one attached hydrogen (secondary N) is 1. The number of benzene rings is 1. The monoisotopic (exact) mass is 347 g/mol. The lowest BCUT2D eigenvalue weighted by Gasteiger charge is -2.12. The Bertz CT molecular complexity index is 889. The maximum Gasteiger partial charge on any atom is 0.216 e. The van der Waals surface area contributed by atoms with E-state index in [1.54, 1.807) is 31.5 Å². The van der Waals surface area contributed by atoms with Crippen LogP contribution in [0, 0.1) is 17.2 Å². The number of aliphatic imine (C=N–C) groups is 1. The predicted molar refractivity (Wildman–Crippen MR) is 103 cm³/mol. The molecule has 1 fully saturated rings. The van der Waals surface area contributed by atoms with Gasteiger partial charge in [0.25, 0.3) is 0 Å². The SMILES string of the molecule is CN=C(C=C(N)C1CC1)Oc1cc(C#N)ccc1-c1ccc(NC)cn1. The molecule has 26 heavy (non-hydrogen) atoms. The molecular weight excluding hydrogens is 326 g/mol. The van der Waals surface area contributed by atoms with Gasteiger partial charge in [-0.25, -0.2) is 0 Å². The zero-order chi connectivity index (χ0) is 18.5. The first-order valence-electron chi connectivity index (χ1n) is 8.44. The Labute approximate surface area is 153 Å². The molecule has 6 heteroatoms. The lowest BCUT2D eigenvalue weighted by molar-refractivity contribution is 0.554. The summed E-state index contributed by atoms with van der Waals surface area (Å²) in [5, 5.41) is 12.3. The van der Waals surface area contributed by atoms with Crippen LogP contribution < -0.4 is 15.8 Å². The van der Waals surface area contributed by atoms with Crippen LogP contribution in [-0.2, 0) is 0 Å². The second kappa shape index (κ2) is 7.70. The summed E-state index contributed by atoms with van der Waals surface area (Å²) >= 11 is 0. The molecule has 0 bridgehead atoms. The molecule has 0 amide bonds. The van der Waals surface area contributed by atoms with Crippen LogP contribution in [0.15, 0.2) is 53.3 Å². The average Bonchev–Trinajstić information content (AvgIpc) is 3.52. The summed E-state index contributed by atoms with van der Waals surface area (Å²) in [4.78, 5) is 8.64. The number of nitrogens with two attached hydrogens (primary N) is 1. The van der Waals surface area contributed by atoms with E-state index in [-0.39, 0.29) is 0 Å². The summed E-state index contributed by atoms with van der Waals surface area (Å²) in [6.45, 7) is 0. The number of pyridine rings is 1. The smallest absolute Gasteiger partial charge is 0.216 e. The topological polar surface area (TPSA) is 96.3 Å². The van der Waals surface area contributed by atoms with E-state index in [0.29, 0.717) is 23.1 Å². The molecule has 0 radical (unpaired) electrons. The van der Waals surface area contributed by atoms with E-state index < -0.39 is 0 Å². The number of aromatic nitrogens is 1. The minimum atomic E-state index is 0.414. The third-order valence-corrected chi connectivity index (χ3v) is 4.21. The van der Waals surface area contributed by atoms with Crippen LogP contribution in [0.5, 0.6) is 5.75 Å². The second-order valence-electron chi connectivity index (χ2n) is 6.09. The molecule has 1 aliphatic rings. The van der Waals surface area contributed by atoms with E-state index in [0.717, 1.165) is 35.5 Å². The molecular formula is C20H21N5O. The molecule has 3 N–H and O–H groups in total. The Kier molecular flexibility index (Phi) is 5.18. The normalized spacial score (nSPS) is 14.7. The third-order valence-electron chi connectivity index (χ3n) is 4.21. The average molecular weight is 347 g/mol. The lowest BCUT2D eigenvalue weighted by atomic mass is 10.1. The van der Waals surface area contributed by atoms with Gasteiger partial charge in [-0.2, -0.15) is 5.26 Å². The zero-order valence-corrected chi connectivity index (χ0v) is 14.9. The molecule has 0 atom stereocenters. The molecule has 2 aromatic rings. The van der Waals surface area contributed by atoms with Gasteiger partial charge in [-0.15, -0.1) is 0 Å². The highest BCUT2D eigenvalue weighted by Crippen LogP contribution is 2.34. The molecule has 1 heterocycles. The predicted octanol–water partition coefficient (Wildman–Crippen LogP) is 3.32. The Morgan fingerprint density at radius 3 is 2.77 bits per heavy atom. The van der Waals surface area contributed by atoms with Crippen molar-refractivity contribution >= 4 is 11.6 Å². The van der Waals surface area contributed by atoms with E-state index >= 15 is 0 Å². The van der Waals surface area contributed by atoms with Crippen molar-refractivity contribution in [2.75, 3.05) is 19.4 Å². The molecule has 1 aromatic heterocycles. The van der Waals surface area contributed by atoms with Crippen LogP contribution in [-0.4, -0.2) is 25.0 Å². The van der Waals surface area contributed by atoms with Gasteiger partial charge in [-0.05, 0) is 49.1 Å². The molecule has 6 nitrogen and oxygen atoms in total. The molecule has 0 saturated heterocycles. The van der Waals surface area contributed by atoms with Crippen molar-refractivity contribution in [3.05, 3.63) is 53.9 Å². The van der Waals surface area contributed by atoms with E-state index in [9.17, 15) is 5.26 Å². The summed E-state index contributed by atoms with van der Waals surface area (Å²) in [5.74, 6) is 1.36. The van der Waals surface area contributed by atoms with Crippen molar-refractivity contribution in [1.29, 1.82) is 5.26 Å².